The van der Waals surface area contributed by atoms with Crippen molar-refractivity contribution in [2.45, 2.75) is 84.7 Å². The summed E-state index contributed by atoms with van der Waals surface area (Å²) >= 11 is 0. The summed E-state index contributed by atoms with van der Waals surface area (Å²) < 4.78 is 0. The third kappa shape index (κ3) is 2.00. The zero-order valence-electron chi connectivity index (χ0n) is 15.4. The maximum absolute atomic E-state index is 12.0. The molecule has 0 aromatic rings. The number of ketones is 1. The lowest BCUT2D eigenvalue weighted by Crippen LogP contribution is -2.58. The van der Waals surface area contributed by atoms with E-state index in [0.717, 1.165) is 37.5 Å². The van der Waals surface area contributed by atoms with E-state index in [9.17, 15) is 9.90 Å². The molecule has 2 nitrogen and oxygen atoms in total. The van der Waals surface area contributed by atoms with Crippen LogP contribution < -0.4 is 0 Å². The number of carbonyl (C=O) groups is 1. The second-order valence-corrected chi connectivity index (χ2v) is 10.2. The van der Waals surface area contributed by atoms with Crippen LogP contribution in [0.4, 0.5) is 0 Å². The van der Waals surface area contributed by atoms with E-state index in [-0.39, 0.29) is 5.41 Å². The van der Waals surface area contributed by atoms with E-state index in [1.54, 1.807) is 0 Å². The van der Waals surface area contributed by atoms with Crippen molar-refractivity contribution in [2.75, 3.05) is 0 Å². The van der Waals surface area contributed by atoms with Crippen molar-refractivity contribution in [3.05, 3.63) is 0 Å². The van der Waals surface area contributed by atoms with Crippen molar-refractivity contribution in [1.29, 1.82) is 0 Å². The van der Waals surface area contributed by atoms with Crippen molar-refractivity contribution in [1.82, 2.24) is 0 Å². The third-order valence-corrected chi connectivity index (χ3v) is 9.40. The molecule has 0 aliphatic heterocycles. The maximum atomic E-state index is 12.0. The quantitative estimate of drug-likeness (QED) is 0.709. The Hall–Kier alpha value is -0.370. The predicted molar refractivity (Wildman–Crippen MR) is 91.9 cm³/mol. The van der Waals surface area contributed by atoms with Crippen LogP contribution >= 0.6 is 0 Å². The Balaban J connectivity index is 1.70. The summed E-state index contributed by atoms with van der Waals surface area (Å²) in [5.74, 6) is 4.05. The van der Waals surface area contributed by atoms with Gasteiger partial charge in [-0.2, -0.15) is 0 Å². The zero-order chi connectivity index (χ0) is 16.6. The lowest BCUT2D eigenvalue weighted by Gasteiger charge is -2.62. The molecule has 8 atom stereocenters. The first kappa shape index (κ1) is 16.1. The monoisotopic (exact) mass is 318 g/mol. The molecule has 0 aromatic carbocycles. The van der Waals surface area contributed by atoms with Gasteiger partial charge in [-0.15, -0.1) is 0 Å². The Kier molecular flexibility index (Phi) is 3.39. The third-order valence-electron chi connectivity index (χ3n) is 9.40. The number of hydrogen-bond donors (Lipinski definition) is 1. The Morgan fingerprint density at radius 2 is 1.74 bits per heavy atom. The van der Waals surface area contributed by atoms with E-state index in [1.165, 1.54) is 25.7 Å². The lowest BCUT2D eigenvalue weighted by atomic mass is 9.42. The Bertz CT molecular complexity index is 524. The molecule has 0 spiro atoms. The number of Topliss-reactive ketones (excluding diaryl/α,β-unsaturated/α-hetero) is 1. The van der Waals surface area contributed by atoms with Gasteiger partial charge in [-0.3, -0.25) is 4.79 Å². The molecule has 4 saturated carbocycles. The Labute approximate surface area is 141 Å². The first-order valence-corrected chi connectivity index (χ1v) is 9.93. The molecule has 0 heterocycles. The molecule has 4 aliphatic rings. The van der Waals surface area contributed by atoms with Crippen LogP contribution in [-0.2, 0) is 4.79 Å². The average molecular weight is 319 g/mol. The van der Waals surface area contributed by atoms with Gasteiger partial charge in [0, 0.05) is 12.8 Å². The standard InChI is InChI=1S/C21H34O2/c1-13-11-14-12-15(22)5-8-19(14,2)16-6-9-20(3)17(18(13)16)7-10-21(20,4)23/h13-14,16-18,23H,5-12H2,1-4H3/t13?,14-,16?,17?,18?,19?,20?,21+/m1/s1. The highest BCUT2D eigenvalue weighted by Gasteiger charge is 2.64. The van der Waals surface area contributed by atoms with E-state index < -0.39 is 5.60 Å². The molecule has 0 amide bonds. The van der Waals surface area contributed by atoms with Gasteiger partial charge in [-0.1, -0.05) is 20.8 Å². The minimum absolute atomic E-state index is 0.107. The SMILES string of the molecule is CC1C[C@@H]2CC(=O)CCC2(C)C2CCC3(C)C(CC[C@]3(C)O)C12. The van der Waals surface area contributed by atoms with Gasteiger partial charge in [0.2, 0.25) is 0 Å². The predicted octanol–water partition coefficient (Wildman–Crippen LogP) is 4.60. The fourth-order valence-corrected chi connectivity index (χ4v) is 7.67. The molecule has 4 fully saturated rings. The topological polar surface area (TPSA) is 37.3 Å². The average Bonchev–Trinajstić information content (AvgIpc) is 2.72. The van der Waals surface area contributed by atoms with Crippen LogP contribution in [-0.4, -0.2) is 16.5 Å². The normalized spacial score (nSPS) is 59.2. The molecule has 0 saturated heterocycles. The molecule has 2 heteroatoms. The molecule has 1 N–H and O–H groups in total. The highest BCUT2D eigenvalue weighted by Crippen LogP contribution is 2.69. The number of aliphatic hydroxyl groups is 1. The van der Waals surface area contributed by atoms with Crippen molar-refractivity contribution >= 4 is 5.78 Å². The number of fused-ring (bicyclic) bond motifs is 5. The first-order chi connectivity index (χ1) is 10.7. The van der Waals surface area contributed by atoms with Crippen LogP contribution in [0.5, 0.6) is 0 Å². The molecule has 0 aromatic heterocycles. The van der Waals surface area contributed by atoms with Crippen LogP contribution in [0.1, 0.15) is 79.1 Å². The van der Waals surface area contributed by atoms with E-state index in [0.29, 0.717) is 29.0 Å². The molecular weight excluding hydrogens is 284 g/mol. The largest absolute Gasteiger partial charge is 0.390 e. The molecule has 4 rings (SSSR count). The van der Waals surface area contributed by atoms with Crippen molar-refractivity contribution in [2.24, 2.45) is 40.4 Å². The van der Waals surface area contributed by atoms with Gasteiger partial charge in [0.1, 0.15) is 5.78 Å². The molecule has 23 heavy (non-hydrogen) atoms. The molecule has 0 bridgehead atoms. The van der Waals surface area contributed by atoms with E-state index >= 15 is 0 Å². The van der Waals surface area contributed by atoms with Gasteiger partial charge < -0.3 is 5.11 Å². The molecule has 4 aliphatic carbocycles. The number of rotatable bonds is 0. The molecule has 6 unspecified atom stereocenters. The Morgan fingerprint density at radius 1 is 1.04 bits per heavy atom. The minimum Gasteiger partial charge on any atom is -0.390 e. The minimum atomic E-state index is -0.483. The highest BCUT2D eigenvalue weighted by molar-refractivity contribution is 5.79. The molecule has 130 valence electrons. The lowest BCUT2D eigenvalue weighted by molar-refractivity contribution is -0.165. The Morgan fingerprint density at radius 3 is 2.48 bits per heavy atom. The van der Waals surface area contributed by atoms with Crippen LogP contribution in [0, 0.1) is 40.4 Å². The first-order valence-electron chi connectivity index (χ1n) is 9.93. The van der Waals surface area contributed by atoms with Gasteiger partial charge in [0.25, 0.3) is 0 Å². The van der Waals surface area contributed by atoms with E-state index in [2.05, 4.69) is 27.7 Å². The van der Waals surface area contributed by atoms with Gasteiger partial charge in [0.15, 0.2) is 0 Å². The fraction of sp³-hybridized carbons (Fsp3) is 0.952. The van der Waals surface area contributed by atoms with Crippen LogP contribution in [0.3, 0.4) is 0 Å². The van der Waals surface area contributed by atoms with Crippen LogP contribution in [0.2, 0.25) is 0 Å². The summed E-state index contributed by atoms with van der Waals surface area (Å²) in [6.45, 7) is 9.40. The summed E-state index contributed by atoms with van der Waals surface area (Å²) in [5, 5.41) is 11.0. The number of hydrogen-bond acceptors (Lipinski definition) is 2. The summed E-state index contributed by atoms with van der Waals surface area (Å²) in [6, 6.07) is 0. The summed E-state index contributed by atoms with van der Waals surface area (Å²) in [4.78, 5) is 12.0. The summed E-state index contributed by atoms with van der Waals surface area (Å²) in [7, 11) is 0. The van der Waals surface area contributed by atoms with Crippen molar-refractivity contribution in [3.63, 3.8) is 0 Å². The highest BCUT2D eigenvalue weighted by atomic mass is 16.3. The van der Waals surface area contributed by atoms with Crippen molar-refractivity contribution in [3.8, 4) is 0 Å². The van der Waals surface area contributed by atoms with Gasteiger partial charge in [-0.05, 0) is 85.9 Å². The molecular formula is C21H34O2. The van der Waals surface area contributed by atoms with Crippen LogP contribution in [0.25, 0.3) is 0 Å². The van der Waals surface area contributed by atoms with E-state index in [4.69, 9.17) is 0 Å². The smallest absolute Gasteiger partial charge is 0.133 e. The van der Waals surface area contributed by atoms with E-state index in [1.807, 2.05) is 0 Å². The second-order valence-electron chi connectivity index (χ2n) is 10.2. The van der Waals surface area contributed by atoms with Gasteiger partial charge >= 0.3 is 0 Å². The van der Waals surface area contributed by atoms with Gasteiger partial charge in [-0.25, -0.2) is 0 Å². The fourth-order valence-electron chi connectivity index (χ4n) is 7.67. The molecule has 0 radical (unpaired) electrons. The summed E-state index contributed by atoms with van der Waals surface area (Å²) in [6.07, 6.45) is 8.61. The van der Waals surface area contributed by atoms with Crippen LogP contribution in [0.15, 0.2) is 0 Å². The second kappa shape index (κ2) is 4.84. The number of carbonyl (C=O) groups excluding carboxylic acids is 1. The van der Waals surface area contributed by atoms with Crippen molar-refractivity contribution < 1.29 is 9.90 Å². The zero-order valence-corrected chi connectivity index (χ0v) is 15.4. The maximum Gasteiger partial charge on any atom is 0.133 e. The summed E-state index contributed by atoms with van der Waals surface area (Å²) in [5.41, 5.74) is -0.000383. The van der Waals surface area contributed by atoms with Gasteiger partial charge in [0.05, 0.1) is 5.60 Å².